The molecule has 3 rings (SSSR count). The molecule has 0 radical (unpaired) electrons. The van der Waals surface area contributed by atoms with Gasteiger partial charge in [-0.25, -0.2) is 0 Å². The van der Waals surface area contributed by atoms with Crippen LogP contribution < -0.4 is 5.32 Å². The summed E-state index contributed by atoms with van der Waals surface area (Å²) in [6.07, 6.45) is 0.838. The molecule has 2 aliphatic rings. The van der Waals surface area contributed by atoms with Crippen molar-refractivity contribution in [1.29, 1.82) is 0 Å². The van der Waals surface area contributed by atoms with Crippen molar-refractivity contribution in [1.82, 2.24) is 5.32 Å². The molecule has 0 aromatic heterocycles. The minimum absolute atomic E-state index is 0.00238. The Labute approximate surface area is 125 Å². The maximum Gasteiger partial charge on any atom is 0.229 e. The summed E-state index contributed by atoms with van der Waals surface area (Å²) >= 11 is 13.6. The van der Waals surface area contributed by atoms with Crippen LogP contribution in [-0.4, -0.2) is 23.4 Å². The summed E-state index contributed by atoms with van der Waals surface area (Å²) < 4.78 is 0. The first-order valence-electron chi connectivity index (χ1n) is 6.08. The second-order valence-corrected chi connectivity index (χ2v) is 6.57. The number of rotatable bonds is 2. The number of nitrogens with zero attached hydrogens (tertiary/aromatic N) is 1. The highest BCUT2D eigenvalue weighted by Gasteiger charge is 2.45. The molecule has 2 unspecified atom stereocenters. The van der Waals surface area contributed by atoms with Crippen molar-refractivity contribution in [3.63, 3.8) is 0 Å². The number of carbonyl (C=O) groups is 1. The summed E-state index contributed by atoms with van der Waals surface area (Å²) in [5, 5.41) is 4.88. The first-order valence-corrected chi connectivity index (χ1v) is 7.82. The SMILES string of the molecule is O=C(NC1=NCCS1)C1CC1c1ccc(Cl)cc1Cl. The van der Waals surface area contributed by atoms with Gasteiger partial charge < -0.3 is 5.32 Å². The van der Waals surface area contributed by atoms with E-state index in [0.29, 0.717) is 10.0 Å². The van der Waals surface area contributed by atoms with Gasteiger partial charge in [0.15, 0.2) is 5.17 Å². The van der Waals surface area contributed by atoms with Gasteiger partial charge in [-0.15, -0.1) is 0 Å². The van der Waals surface area contributed by atoms with Gasteiger partial charge in [0, 0.05) is 21.7 Å². The Hall–Kier alpha value is -0.710. The van der Waals surface area contributed by atoms with E-state index in [1.165, 1.54) is 0 Å². The Balaban J connectivity index is 1.65. The summed E-state index contributed by atoms with van der Waals surface area (Å²) in [7, 11) is 0. The second-order valence-electron chi connectivity index (χ2n) is 4.64. The van der Waals surface area contributed by atoms with Crippen molar-refractivity contribution in [2.24, 2.45) is 10.9 Å². The van der Waals surface area contributed by atoms with E-state index in [1.54, 1.807) is 17.8 Å². The van der Waals surface area contributed by atoms with Crippen LogP contribution in [0.15, 0.2) is 23.2 Å². The maximum absolute atomic E-state index is 12.0. The summed E-state index contributed by atoms with van der Waals surface area (Å²) in [6.45, 7) is 0.789. The van der Waals surface area contributed by atoms with Crippen LogP contribution in [0.5, 0.6) is 0 Å². The number of carbonyl (C=O) groups excluding carboxylic acids is 1. The summed E-state index contributed by atoms with van der Waals surface area (Å²) in [6, 6.07) is 5.44. The lowest BCUT2D eigenvalue weighted by Crippen LogP contribution is -2.29. The average Bonchev–Trinajstić information content (AvgIpc) is 2.99. The van der Waals surface area contributed by atoms with Crippen LogP contribution in [0.25, 0.3) is 0 Å². The monoisotopic (exact) mass is 314 g/mol. The van der Waals surface area contributed by atoms with Gasteiger partial charge in [-0.2, -0.15) is 0 Å². The molecule has 1 aliphatic carbocycles. The van der Waals surface area contributed by atoms with Gasteiger partial charge in [-0.1, -0.05) is 41.0 Å². The first-order chi connectivity index (χ1) is 9.15. The number of thioether (sulfide) groups is 1. The Morgan fingerprint density at radius 1 is 1.42 bits per heavy atom. The van der Waals surface area contributed by atoms with Crippen LogP contribution in [0, 0.1) is 5.92 Å². The van der Waals surface area contributed by atoms with Crippen LogP contribution in [0.1, 0.15) is 17.9 Å². The van der Waals surface area contributed by atoms with Crippen molar-refractivity contribution >= 4 is 46.0 Å². The van der Waals surface area contributed by atoms with E-state index in [4.69, 9.17) is 23.2 Å². The topological polar surface area (TPSA) is 41.5 Å². The van der Waals surface area contributed by atoms with Gasteiger partial charge in [0.25, 0.3) is 0 Å². The van der Waals surface area contributed by atoms with Gasteiger partial charge in [-0.05, 0) is 30.0 Å². The Morgan fingerprint density at radius 3 is 2.95 bits per heavy atom. The fourth-order valence-electron chi connectivity index (χ4n) is 2.24. The third-order valence-corrected chi connectivity index (χ3v) is 4.76. The number of benzene rings is 1. The van der Waals surface area contributed by atoms with Crippen molar-refractivity contribution < 1.29 is 4.79 Å². The molecule has 3 nitrogen and oxygen atoms in total. The van der Waals surface area contributed by atoms with Gasteiger partial charge in [0.05, 0.1) is 6.54 Å². The largest absolute Gasteiger partial charge is 0.305 e. The smallest absolute Gasteiger partial charge is 0.229 e. The fourth-order valence-corrected chi connectivity index (χ4v) is 3.52. The minimum atomic E-state index is 0.00238. The lowest BCUT2D eigenvalue weighted by molar-refractivity contribution is -0.120. The van der Waals surface area contributed by atoms with E-state index < -0.39 is 0 Å². The highest BCUT2D eigenvalue weighted by Crippen LogP contribution is 2.50. The Morgan fingerprint density at radius 2 is 2.26 bits per heavy atom. The highest BCUT2D eigenvalue weighted by molar-refractivity contribution is 8.14. The molecule has 0 saturated heterocycles. The van der Waals surface area contributed by atoms with E-state index in [-0.39, 0.29) is 17.7 Å². The molecule has 1 fully saturated rings. The van der Waals surface area contributed by atoms with Crippen molar-refractivity contribution in [2.45, 2.75) is 12.3 Å². The third kappa shape index (κ3) is 2.91. The van der Waals surface area contributed by atoms with Crippen LogP contribution >= 0.6 is 35.0 Å². The predicted molar refractivity (Wildman–Crippen MR) is 80.2 cm³/mol. The quantitative estimate of drug-likeness (QED) is 0.909. The summed E-state index contributed by atoms with van der Waals surface area (Å²) in [5.74, 6) is 1.20. The molecule has 1 aromatic rings. The molecular formula is C13H12Cl2N2OS. The number of aliphatic imine (C=N–C) groups is 1. The van der Waals surface area contributed by atoms with Crippen LogP contribution in [0.3, 0.4) is 0 Å². The molecule has 0 bridgehead atoms. The maximum atomic E-state index is 12.0. The van der Waals surface area contributed by atoms with Gasteiger partial charge in [0.1, 0.15) is 0 Å². The van der Waals surface area contributed by atoms with Crippen LogP contribution in [-0.2, 0) is 4.79 Å². The summed E-state index contributed by atoms with van der Waals surface area (Å²) in [5.41, 5.74) is 1.01. The number of hydrogen-bond donors (Lipinski definition) is 1. The fraction of sp³-hybridized carbons (Fsp3) is 0.385. The number of nitrogens with one attached hydrogen (secondary N) is 1. The molecule has 0 spiro atoms. The van der Waals surface area contributed by atoms with Gasteiger partial charge in [0.2, 0.25) is 5.91 Å². The molecule has 1 saturated carbocycles. The number of amidine groups is 1. The molecule has 2 atom stereocenters. The number of amides is 1. The third-order valence-electron chi connectivity index (χ3n) is 3.30. The van der Waals surface area contributed by atoms with Crippen LogP contribution in [0.2, 0.25) is 10.0 Å². The standard InChI is InChI=1S/C13H12Cl2N2OS/c14-7-1-2-8(11(15)5-7)9-6-10(9)12(18)17-13-16-3-4-19-13/h1-2,5,9-10H,3-4,6H2,(H,16,17,18). The molecular weight excluding hydrogens is 303 g/mol. The normalized spacial score (nSPS) is 25.1. The van der Waals surface area contributed by atoms with E-state index >= 15 is 0 Å². The lowest BCUT2D eigenvalue weighted by atomic mass is 10.1. The first kappa shape index (κ1) is 13.3. The predicted octanol–water partition coefficient (Wildman–Crippen LogP) is 3.32. The molecule has 100 valence electrons. The van der Waals surface area contributed by atoms with E-state index in [9.17, 15) is 4.79 Å². The highest BCUT2D eigenvalue weighted by atomic mass is 35.5. The van der Waals surface area contributed by atoms with E-state index in [1.807, 2.05) is 12.1 Å². The van der Waals surface area contributed by atoms with Crippen molar-refractivity contribution in [2.75, 3.05) is 12.3 Å². The Kier molecular flexibility index (Phi) is 3.74. The van der Waals surface area contributed by atoms with E-state index in [2.05, 4.69) is 10.3 Å². The molecule has 1 amide bonds. The summed E-state index contributed by atoms with van der Waals surface area (Å²) in [4.78, 5) is 16.3. The molecule has 1 heterocycles. The zero-order valence-electron chi connectivity index (χ0n) is 10.0. The molecule has 6 heteroatoms. The zero-order valence-corrected chi connectivity index (χ0v) is 12.4. The van der Waals surface area contributed by atoms with Crippen molar-refractivity contribution in [3.8, 4) is 0 Å². The van der Waals surface area contributed by atoms with Gasteiger partial charge >= 0.3 is 0 Å². The molecule has 19 heavy (non-hydrogen) atoms. The molecule has 1 aliphatic heterocycles. The number of hydrogen-bond acceptors (Lipinski definition) is 3. The lowest BCUT2D eigenvalue weighted by Gasteiger charge is -2.05. The average molecular weight is 315 g/mol. The molecule has 1 aromatic carbocycles. The minimum Gasteiger partial charge on any atom is -0.305 e. The van der Waals surface area contributed by atoms with Crippen molar-refractivity contribution in [3.05, 3.63) is 33.8 Å². The molecule has 1 N–H and O–H groups in total. The zero-order chi connectivity index (χ0) is 13.4. The van der Waals surface area contributed by atoms with Gasteiger partial charge in [-0.3, -0.25) is 9.79 Å². The van der Waals surface area contributed by atoms with Crippen LogP contribution in [0.4, 0.5) is 0 Å². The Bertz CT molecular complexity index is 562. The number of halogens is 2. The van der Waals surface area contributed by atoms with E-state index in [0.717, 1.165) is 29.4 Å². The second kappa shape index (κ2) is 5.35.